The zero-order valence-electron chi connectivity index (χ0n) is 11.5. The Morgan fingerprint density at radius 3 is 2.30 bits per heavy atom. The van der Waals surface area contributed by atoms with E-state index in [-0.39, 0.29) is 18.8 Å². The van der Waals surface area contributed by atoms with Gasteiger partial charge in [-0.3, -0.25) is 0 Å². The molecule has 1 atom stereocenters. The van der Waals surface area contributed by atoms with E-state index in [0.717, 1.165) is 0 Å². The van der Waals surface area contributed by atoms with Crippen LogP contribution in [-0.4, -0.2) is 36.4 Å². The van der Waals surface area contributed by atoms with Gasteiger partial charge in [-0.2, -0.15) is 0 Å². The van der Waals surface area contributed by atoms with Crippen molar-refractivity contribution in [3.05, 3.63) is 41.5 Å². The van der Waals surface area contributed by atoms with Crippen LogP contribution < -0.4 is 0 Å². The molecule has 0 heterocycles. The van der Waals surface area contributed by atoms with Crippen LogP contribution in [0.25, 0.3) is 6.08 Å². The van der Waals surface area contributed by atoms with Crippen molar-refractivity contribution in [2.45, 2.75) is 20.0 Å². The molecule has 108 valence electrons. The summed E-state index contributed by atoms with van der Waals surface area (Å²) in [4.78, 5) is 23.4. The van der Waals surface area contributed by atoms with Crippen molar-refractivity contribution >= 4 is 18.0 Å². The van der Waals surface area contributed by atoms with E-state index in [2.05, 4.69) is 0 Å². The fourth-order valence-corrected chi connectivity index (χ4v) is 1.54. The predicted molar refractivity (Wildman–Crippen MR) is 73.7 cm³/mol. The molecule has 0 aromatic heterocycles. The highest BCUT2D eigenvalue weighted by molar-refractivity contribution is 6.01. The van der Waals surface area contributed by atoms with Crippen LogP contribution in [0.15, 0.2) is 35.9 Å². The Kier molecular flexibility index (Phi) is 6.46. The predicted octanol–water partition coefficient (Wildman–Crippen LogP) is 1.56. The highest BCUT2D eigenvalue weighted by Crippen LogP contribution is 2.13. The lowest BCUT2D eigenvalue weighted by Crippen LogP contribution is -2.30. The Bertz CT molecular complexity index is 478. The van der Waals surface area contributed by atoms with Gasteiger partial charge in [-0.05, 0) is 25.5 Å². The van der Waals surface area contributed by atoms with E-state index in [4.69, 9.17) is 9.47 Å². The van der Waals surface area contributed by atoms with Crippen LogP contribution in [0.4, 0.5) is 0 Å². The van der Waals surface area contributed by atoms with Gasteiger partial charge < -0.3 is 14.6 Å². The van der Waals surface area contributed by atoms with E-state index in [1.807, 2.05) is 6.07 Å². The molecule has 0 bridgehead atoms. The molecule has 1 rings (SSSR count). The molecule has 1 N–H and O–H groups in total. The minimum Gasteiger partial charge on any atom is -0.464 e. The van der Waals surface area contributed by atoms with Gasteiger partial charge in [0.2, 0.25) is 0 Å². The molecule has 5 nitrogen and oxygen atoms in total. The van der Waals surface area contributed by atoms with Crippen molar-refractivity contribution in [1.82, 2.24) is 0 Å². The largest absolute Gasteiger partial charge is 0.464 e. The van der Waals surface area contributed by atoms with Gasteiger partial charge in [-0.1, -0.05) is 30.3 Å². The first-order valence-corrected chi connectivity index (χ1v) is 6.38. The molecule has 1 unspecified atom stereocenters. The first-order valence-electron chi connectivity index (χ1n) is 6.38. The molecule has 0 spiro atoms. The van der Waals surface area contributed by atoms with Crippen LogP contribution in [0.3, 0.4) is 0 Å². The number of carbonyl (C=O) groups is 2. The Morgan fingerprint density at radius 1 is 1.15 bits per heavy atom. The van der Waals surface area contributed by atoms with Gasteiger partial charge in [0.05, 0.1) is 18.8 Å². The molecule has 1 aromatic rings. The Balaban J connectivity index is 3.05. The minimum atomic E-state index is -1.66. The molecule has 0 aliphatic carbocycles. The lowest BCUT2D eigenvalue weighted by atomic mass is 10.1. The minimum absolute atomic E-state index is 0.122. The average Bonchev–Trinajstić information content (AvgIpc) is 2.45. The van der Waals surface area contributed by atoms with Crippen molar-refractivity contribution in [3.63, 3.8) is 0 Å². The molecule has 0 fully saturated rings. The quantitative estimate of drug-likeness (QED) is 0.631. The number of ether oxygens (including phenoxy) is 2. The highest BCUT2D eigenvalue weighted by atomic mass is 16.6. The number of esters is 2. The van der Waals surface area contributed by atoms with E-state index < -0.39 is 18.0 Å². The number of hydrogen-bond donors (Lipinski definition) is 1. The maximum atomic E-state index is 11.8. The summed E-state index contributed by atoms with van der Waals surface area (Å²) in [6.45, 7) is 3.54. The Morgan fingerprint density at radius 2 is 1.75 bits per heavy atom. The van der Waals surface area contributed by atoms with E-state index in [1.165, 1.54) is 6.08 Å². The van der Waals surface area contributed by atoms with Gasteiger partial charge in [0.15, 0.2) is 6.10 Å². The lowest BCUT2D eigenvalue weighted by molar-refractivity contribution is -0.154. The van der Waals surface area contributed by atoms with Crippen LogP contribution in [0.2, 0.25) is 0 Å². The second-order valence-corrected chi connectivity index (χ2v) is 3.89. The van der Waals surface area contributed by atoms with Gasteiger partial charge in [0.1, 0.15) is 0 Å². The third kappa shape index (κ3) is 4.51. The van der Waals surface area contributed by atoms with Gasteiger partial charge >= 0.3 is 11.9 Å². The molecule has 5 heteroatoms. The second-order valence-electron chi connectivity index (χ2n) is 3.89. The van der Waals surface area contributed by atoms with Crippen molar-refractivity contribution in [1.29, 1.82) is 0 Å². The van der Waals surface area contributed by atoms with E-state index in [1.54, 1.807) is 38.1 Å². The fraction of sp³-hybridized carbons (Fsp3) is 0.333. The van der Waals surface area contributed by atoms with Crippen molar-refractivity contribution in [2.75, 3.05) is 13.2 Å². The monoisotopic (exact) mass is 278 g/mol. The molecule has 1 aromatic carbocycles. The molecular formula is C15H18O5. The smallest absolute Gasteiger partial charge is 0.339 e. The van der Waals surface area contributed by atoms with Gasteiger partial charge in [0.25, 0.3) is 0 Å². The molecule has 0 amide bonds. The summed E-state index contributed by atoms with van der Waals surface area (Å²) in [6, 6.07) is 8.88. The standard InChI is InChI=1S/C15H18O5/c1-3-19-14(17)12(13(16)15(18)20-4-2)10-11-8-6-5-7-9-11/h5-10,13,16H,3-4H2,1-2H3. The summed E-state index contributed by atoms with van der Waals surface area (Å²) < 4.78 is 9.56. The van der Waals surface area contributed by atoms with Gasteiger partial charge in [0, 0.05) is 0 Å². The molecular weight excluding hydrogens is 260 g/mol. The SMILES string of the molecule is CCOC(=O)C(=Cc1ccccc1)C(O)C(=O)OCC. The fourth-order valence-electron chi connectivity index (χ4n) is 1.54. The lowest BCUT2D eigenvalue weighted by Gasteiger charge is -2.13. The number of aliphatic hydroxyl groups is 1. The third-order valence-electron chi connectivity index (χ3n) is 2.44. The summed E-state index contributed by atoms with van der Waals surface area (Å²) in [6.07, 6.45) is -0.242. The number of hydrogen-bond acceptors (Lipinski definition) is 5. The van der Waals surface area contributed by atoms with Crippen molar-refractivity contribution in [2.24, 2.45) is 0 Å². The zero-order valence-corrected chi connectivity index (χ0v) is 11.5. The molecule has 0 saturated heterocycles. The Labute approximate surface area is 117 Å². The van der Waals surface area contributed by atoms with E-state index in [0.29, 0.717) is 5.56 Å². The van der Waals surface area contributed by atoms with Crippen LogP contribution in [-0.2, 0) is 19.1 Å². The molecule has 0 radical (unpaired) electrons. The first-order chi connectivity index (χ1) is 9.60. The van der Waals surface area contributed by atoms with E-state index >= 15 is 0 Å². The summed E-state index contributed by atoms with van der Waals surface area (Å²) in [7, 11) is 0. The Hall–Kier alpha value is -2.14. The normalized spacial score (nSPS) is 12.7. The van der Waals surface area contributed by atoms with Crippen LogP contribution in [0.5, 0.6) is 0 Å². The maximum Gasteiger partial charge on any atom is 0.339 e. The molecule has 0 saturated carbocycles. The number of benzene rings is 1. The van der Waals surface area contributed by atoms with Crippen LogP contribution in [0.1, 0.15) is 19.4 Å². The third-order valence-corrected chi connectivity index (χ3v) is 2.44. The van der Waals surface area contributed by atoms with Crippen molar-refractivity contribution < 1.29 is 24.2 Å². The van der Waals surface area contributed by atoms with Gasteiger partial charge in [-0.25, -0.2) is 9.59 Å². The summed E-state index contributed by atoms with van der Waals surface area (Å²) in [5.41, 5.74) is 0.537. The molecule has 0 aliphatic rings. The van der Waals surface area contributed by atoms with Crippen LogP contribution in [0, 0.1) is 0 Å². The summed E-state index contributed by atoms with van der Waals surface area (Å²) in [5.74, 6) is -1.61. The first kappa shape index (κ1) is 15.9. The second kappa shape index (κ2) is 8.12. The highest BCUT2D eigenvalue weighted by Gasteiger charge is 2.27. The summed E-state index contributed by atoms with van der Waals surface area (Å²) in [5, 5.41) is 9.92. The van der Waals surface area contributed by atoms with Crippen molar-refractivity contribution in [3.8, 4) is 0 Å². The summed E-state index contributed by atoms with van der Waals surface area (Å²) >= 11 is 0. The van der Waals surface area contributed by atoms with E-state index in [9.17, 15) is 14.7 Å². The number of rotatable bonds is 6. The maximum absolute atomic E-state index is 11.8. The zero-order chi connectivity index (χ0) is 15.0. The molecule has 0 aliphatic heterocycles. The molecule has 20 heavy (non-hydrogen) atoms. The number of aliphatic hydroxyl groups excluding tert-OH is 1. The van der Waals surface area contributed by atoms with Gasteiger partial charge in [-0.15, -0.1) is 0 Å². The average molecular weight is 278 g/mol. The topological polar surface area (TPSA) is 72.8 Å². The van der Waals surface area contributed by atoms with Crippen LogP contribution >= 0.6 is 0 Å². The number of carbonyl (C=O) groups excluding carboxylic acids is 2.